The Morgan fingerprint density at radius 3 is 2.82 bits per heavy atom. The highest BCUT2D eigenvalue weighted by atomic mass is 79.9. The SMILES string of the molecule is N=C(N)CC1(COc2cc(F)ccc2Br)CC1. The Morgan fingerprint density at radius 1 is 1.53 bits per heavy atom. The molecule has 0 atom stereocenters. The van der Waals surface area contributed by atoms with Gasteiger partial charge in [0.2, 0.25) is 0 Å². The number of halogens is 2. The van der Waals surface area contributed by atoms with Crippen molar-refractivity contribution in [3.8, 4) is 5.75 Å². The van der Waals surface area contributed by atoms with Crippen molar-refractivity contribution in [2.24, 2.45) is 11.1 Å². The predicted octanol–water partition coefficient (Wildman–Crippen LogP) is 3.07. The van der Waals surface area contributed by atoms with E-state index in [1.807, 2.05) is 0 Å². The Balaban J connectivity index is 1.98. The van der Waals surface area contributed by atoms with E-state index in [0.29, 0.717) is 18.8 Å². The monoisotopic (exact) mass is 300 g/mol. The zero-order valence-corrected chi connectivity index (χ0v) is 10.9. The van der Waals surface area contributed by atoms with E-state index in [0.717, 1.165) is 17.3 Å². The lowest BCUT2D eigenvalue weighted by Gasteiger charge is -2.16. The van der Waals surface area contributed by atoms with Crippen molar-refractivity contribution >= 4 is 21.8 Å². The summed E-state index contributed by atoms with van der Waals surface area (Å²) in [7, 11) is 0. The van der Waals surface area contributed by atoms with Crippen molar-refractivity contribution < 1.29 is 9.13 Å². The maximum atomic E-state index is 13.0. The van der Waals surface area contributed by atoms with Gasteiger partial charge in [-0.25, -0.2) is 4.39 Å². The summed E-state index contributed by atoms with van der Waals surface area (Å²) in [5.41, 5.74) is 5.40. The van der Waals surface area contributed by atoms with Crippen molar-refractivity contribution in [2.45, 2.75) is 19.3 Å². The van der Waals surface area contributed by atoms with Gasteiger partial charge in [-0.05, 0) is 40.9 Å². The molecule has 0 bridgehead atoms. The quantitative estimate of drug-likeness (QED) is 0.648. The van der Waals surface area contributed by atoms with Crippen LogP contribution in [0.25, 0.3) is 0 Å². The molecule has 0 saturated heterocycles. The van der Waals surface area contributed by atoms with E-state index in [1.165, 1.54) is 12.1 Å². The van der Waals surface area contributed by atoms with Crippen LogP contribution in [0.15, 0.2) is 22.7 Å². The summed E-state index contributed by atoms with van der Waals surface area (Å²) in [6.45, 7) is 0.481. The zero-order valence-electron chi connectivity index (χ0n) is 9.30. The normalized spacial score (nSPS) is 16.6. The maximum Gasteiger partial charge on any atom is 0.136 e. The highest BCUT2D eigenvalue weighted by molar-refractivity contribution is 9.10. The highest BCUT2D eigenvalue weighted by Crippen LogP contribution is 2.49. The number of hydrogen-bond acceptors (Lipinski definition) is 2. The summed E-state index contributed by atoms with van der Waals surface area (Å²) < 4.78 is 19.4. The molecule has 0 aliphatic heterocycles. The molecule has 3 N–H and O–H groups in total. The molecule has 17 heavy (non-hydrogen) atoms. The first-order valence-electron chi connectivity index (χ1n) is 5.42. The van der Waals surface area contributed by atoms with Crippen LogP contribution in [0, 0.1) is 16.6 Å². The number of nitrogens with one attached hydrogen (secondary N) is 1. The fourth-order valence-corrected chi connectivity index (χ4v) is 2.13. The van der Waals surface area contributed by atoms with Crippen LogP contribution in [0.4, 0.5) is 4.39 Å². The highest BCUT2D eigenvalue weighted by Gasteiger charge is 2.44. The molecule has 0 unspecified atom stereocenters. The lowest BCUT2D eigenvalue weighted by Crippen LogP contribution is -2.21. The third kappa shape index (κ3) is 3.19. The average Bonchev–Trinajstić information content (AvgIpc) is 2.99. The zero-order chi connectivity index (χ0) is 12.5. The third-order valence-electron chi connectivity index (χ3n) is 2.95. The molecular formula is C12H14BrFN2O. The van der Waals surface area contributed by atoms with Gasteiger partial charge in [-0.15, -0.1) is 0 Å². The van der Waals surface area contributed by atoms with Crippen LogP contribution >= 0.6 is 15.9 Å². The topological polar surface area (TPSA) is 59.1 Å². The van der Waals surface area contributed by atoms with Crippen molar-refractivity contribution in [1.29, 1.82) is 5.41 Å². The Morgan fingerprint density at radius 2 is 2.24 bits per heavy atom. The van der Waals surface area contributed by atoms with Crippen LogP contribution < -0.4 is 10.5 Å². The van der Waals surface area contributed by atoms with Crippen molar-refractivity contribution in [3.05, 3.63) is 28.5 Å². The summed E-state index contributed by atoms with van der Waals surface area (Å²) in [4.78, 5) is 0. The summed E-state index contributed by atoms with van der Waals surface area (Å²) in [6.07, 6.45) is 2.58. The molecule has 2 rings (SSSR count). The molecule has 1 fully saturated rings. The fourth-order valence-electron chi connectivity index (χ4n) is 1.77. The lowest BCUT2D eigenvalue weighted by atomic mass is 10.0. The minimum Gasteiger partial charge on any atom is -0.492 e. The second-order valence-electron chi connectivity index (χ2n) is 4.57. The van der Waals surface area contributed by atoms with Gasteiger partial charge >= 0.3 is 0 Å². The predicted molar refractivity (Wildman–Crippen MR) is 67.8 cm³/mol. The molecule has 5 heteroatoms. The summed E-state index contributed by atoms with van der Waals surface area (Å²) >= 11 is 3.31. The number of nitrogens with two attached hydrogens (primary N) is 1. The van der Waals surface area contributed by atoms with Gasteiger partial charge in [-0.1, -0.05) is 0 Å². The second kappa shape index (κ2) is 4.64. The summed E-state index contributed by atoms with van der Waals surface area (Å²) in [5, 5.41) is 7.30. The number of ether oxygens (including phenoxy) is 1. The van der Waals surface area contributed by atoms with Crippen LogP contribution in [-0.4, -0.2) is 12.4 Å². The van der Waals surface area contributed by atoms with Crippen LogP contribution in [0.1, 0.15) is 19.3 Å². The minimum atomic E-state index is -0.320. The van der Waals surface area contributed by atoms with Crippen molar-refractivity contribution in [1.82, 2.24) is 0 Å². The molecular weight excluding hydrogens is 287 g/mol. The molecule has 0 spiro atoms. The molecule has 1 aromatic carbocycles. The van der Waals surface area contributed by atoms with E-state index in [1.54, 1.807) is 6.07 Å². The van der Waals surface area contributed by atoms with E-state index < -0.39 is 0 Å². The molecule has 0 aromatic heterocycles. The molecule has 0 heterocycles. The Hall–Kier alpha value is -1.10. The van der Waals surface area contributed by atoms with Gasteiger partial charge < -0.3 is 10.5 Å². The third-order valence-corrected chi connectivity index (χ3v) is 3.60. The second-order valence-corrected chi connectivity index (χ2v) is 5.42. The van der Waals surface area contributed by atoms with Crippen LogP contribution in [0.2, 0.25) is 0 Å². The van der Waals surface area contributed by atoms with Crippen LogP contribution in [0.5, 0.6) is 5.75 Å². The molecule has 1 aliphatic rings. The van der Waals surface area contributed by atoms with E-state index in [4.69, 9.17) is 15.9 Å². The van der Waals surface area contributed by atoms with Gasteiger partial charge in [0, 0.05) is 17.9 Å². The number of benzene rings is 1. The maximum absolute atomic E-state index is 13.0. The van der Waals surface area contributed by atoms with Gasteiger partial charge in [-0.2, -0.15) is 0 Å². The molecule has 3 nitrogen and oxygen atoms in total. The van der Waals surface area contributed by atoms with Gasteiger partial charge in [0.05, 0.1) is 16.9 Å². The largest absolute Gasteiger partial charge is 0.492 e. The molecule has 0 radical (unpaired) electrons. The molecule has 92 valence electrons. The number of rotatable bonds is 5. The average molecular weight is 301 g/mol. The Kier molecular flexibility index (Phi) is 3.38. The smallest absolute Gasteiger partial charge is 0.136 e. The Bertz CT molecular complexity index is 446. The summed E-state index contributed by atoms with van der Waals surface area (Å²) in [5.74, 6) is 0.365. The minimum absolute atomic E-state index is 0.00239. The fraction of sp³-hybridized carbons (Fsp3) is 0.417. The first-order chi connectivity index (χ1) is 8.01. The van der Waals surface area contributed by atoms with E-state index in [-0.39, 0.29) is 17.1 Å². The van der Waals surface area contributed by atoms with Crippen LogP contribution in [-0.2, 0) is 0 Å². The molecule has 1 saturated carbocycles. The van der Waals surface area contributed by atoms with E-state index in [2.05, 4.69) is 15.9 Å². The number of hydrogen-bond donors (Lipinski definition) is 2. The Labute approximate surface area is 108 Å². The van der Waals surface area contributed by atoms with Crippen molar-refractivity contribution in [3.63, 3.8) is 0 Å². The van der Waals surface area contributed by atoms with Gasteiger partial charge in [0.1, 0.15) is 11.6 Å². The first kappa shape index (κ1) is 12.4. The molecule has 1 aromatic rings. The van der Waals surface area contributed by atoms with Crippen LogP contribution in [0.3, 0.4) is 0 Å². The van der Waals surface area contributed by atoms with Gasteiger partial charge in [0.25, 0.3) is 0 Å². The number of amidine groups is 1. The van der Waals surface area contributed by atoms with Gasteiger partial charge in [-0.3, -0.25) is 5.41 Å². The summed E-state index contributed by atoms with van der Waals surface area (Å²) in [6, 6.07) is 4.35. The van der Waals surface area contributed by atoms with Gasteiger partial charge in [0.15, 0.2) is 0 Å². The lowest BCUT2D eigenvalue weighted by molar-refractivity contribution is 0.236. The van der Waals surface area contributed by atoms with E-state index in [9.17, 15) is 4.39 Å². The first-order valence-corrected chi connectivity index (χ1v) is 6.21. The standard InChI is InChI=1S/C12H14BrFN2O/c13-9-2-1-8(14)5-10(9)17-7-12(3-4-12)6-11(15)16/h1-2,5H,3-4,6-7H2,(H3,15,16). The molecule has 0 amide bonds. The van der Waals surface area contributed by atoms with E-state index >= 15 is 0 Å². The van der Waals surface area contributed by atoms with Crippen molar-refractivity contribution in [2.75, 3.05) is 6.61 Å². The molecule has 1 aliphatic carbocycles.